The molecular formula is C68H45NO. The molecule has 0 radical (unpaired) electrons. The molecular weight excluding hydrogens is 847 g/mol. The Balaban J connectivity index is 0.989. The molecule has 1 aromatic heterocycles. The number of fused-ring (bicyclic) bond motifs is 12. The Hall–Kier alpha value is -8.98. The lowest BCUT2D eigenvalue weighted by Gasteiger charge is -2.50. The molecule has 1 spiro atoms. The second-order valence-corrected chi connectivity index (χ2v) is 18.7. The van der Waals surface area contributed by atoms with Crippen molar-refractivity contribution in [3.05, 3.63) is 317 Å². The van der Waals surface area contributed by atoms with Crippen LogP contribution in [-0.2, 0) is 10.8 Å². The summed E-state index contributed by atoms with van der Waals surface area (Å²) in [5, 5.41) is 2.26. The predicted octanol–water partition coefficient (Wildman–Crippen LogP) is 17.4. The molecule has 0 saturated heterocycles. The van der Waals surface area contributed by atoms with Crippen LogP contribution in [0.3, 0.4) is 0 Å². The quantitative estimate of drug-likeness (QED) is 0.159. The van der Waals surface area contributed by atoms with Gasteiger partial charge in [0.05, 0.1) is 10.8 Å². The topological polar surface area (TPSA) is 16.4 Å². The van der Waals surface area contributed by atoms with Crippen LogP contribution in [0.15, 0.2) is 277 Å². The highest BCUT2D eigenvalue weighted by Gasteiger charge is 2.56. The molecule has 2 nitrogen and oxygen atoms in total. The third-order valence-electron chi connectivity index (χ3n) is 15.2. The summed E-state index contributed by atoms with van der Waals surface area (Å²) < 4.78 is 6.21. The number of rotatable bonds is 7. The lowest BCUT2D eigenvalue weighted by molar-refractivity contribution is 0.623. The minimum absolute atomic E-state index is 0.570. The molecule has 2 aliphatic carbocycles. The van der Waals surface area contributed by atoms with Crippen LogP contribution >= 0.6 is 0 Å². The summed E-state index contributed by atoms with van der Waals surface area (Å²) in [6.45, 7) is 0. The number of para-hydroxylation sites is 1. The van der Waals surface area contributed by atoms with Gasteiger partial charge in [0.15, 0.2) is 0 Å². The molecule has 11 aromatic carbocycles. The largest absolute Gasteiger partial charge is 0.456 e. The van der Waals surface area contributed by atoms with Crippen molar-refractivity contribution < 1.29 is 4.42 Å². The molecule has 0 atom stereocenters. The van der Waals surface area contributed by atoms with Crippen LogP contribution in [0, 0.1) is 0 Å². The van der Waals surface area contributed by atoms with Crippen molar-refractivity contribution >= 4 is 39.0 Å². The van der Waals surface area contributed by atoms with Crippen LogP contribution < -0.4 is 4.90 Å². The normalized spacial score (nSPS) is 13.7. The van der Waals surface area contributed by atoms with Gasteiger partial charge < -0.3 is 9.32 Å². The molecule has 0 aliphatic heterocycles. The van der Waals surface area contributed by atoms with E-state index in [4.69, 9.17) is 4.42 Å². The van der Waals surface area contributed by atoms with Crippen molar-refractivity contribution in [1.29, 1.82) is 0 Å². The van der Waals surface area contributed by atoms with E-state index in [0.29, 0.717) is 0 Å². The lowest BCUT2D eigenvalue weighted by Crippen LogP contribution is -2.44. The van der Waals surface area contributed by atoms with Crippen molar-refractivity contribution in [3.63, 3.8) is 0 Å². The van der Waals surface area contributed by atoms with Gasteiger partial charge >= 0.3 is 0 Å². The second-order valence-electron chi connectivity index (χ2n) is 18.7. The third kappa shape index (κ3) is 5.80. The Kier molecular flexibility index (Phi) is 9.06. The molecule has 0 N–H and O–H groups in total. The number of furan rings is 1. The average Bonchev–Trinajstić information content (AvgIpc) is 3.96. The van der Waals surface area contributed by atoms with E-state index >= 15 is 0 Å². The fraction of sp³-hybridized carbons (Fsp3) is 0.0294. The maximum Gasteiger partial charge on any atom is 0.135 e. The standard InChI is InChI=1S/C68H45NO/c1-4-18-46(19-5-1)47-32-37-52(38-33-47)69(53-39-34-48(35-40-53)49-36-43-66-58(44-49)57-25-11-17-31-65(57)70-66)54-41-42-56-55-24-10-12-26-59(55)68(64(56)45-54)62-29-15-13-27-60(62)67(50-20-6-2-7-21-50,51-22-8-3-9-23-51)61-28-14-16-30-63(61)68/h1-45H. The minimum Gasteiger partial charge on any atom is -0.456 e. The molecule has 70 heavy (non-hydrogen) atoms. The van der Waals surface area contributed by atoms with Crippen molar-refractivity contribution in [2.45, 2.75) is 10.8 Å². The molecule has 2 heteroatoms. The van der Waals surface area contributed by atoms with E-state index in [0.717, 1.165) is 50.1 Å². The summed E-state index contributed by atoms with van der Waals surface area (Å²) in [5.41, 5.74) is 21.4. The molecule has 0 unspecified atom stereocenters. The van der Waals surface area contributed by atoms with Crippen LogP contribution in [0.2, 0.25) is 0 Å². The Bertz CT molecular complexity index is 3840. The molecule has 2 aliphatic rings. The van der Waals surface area contributed by atoms with Crippen molar-refractivity contribution in [2.24, 2.45) is 0 Å². The third-order valence-corrected chi connectivity index (χ3v) is 15.2. The number of benzene rings is 11. The van der Waals surface area contributed by atoms with Gasteiger partial charge in [-0.3, -0.25) is 0 Å². The van der Waals surface area contributed by atoms with Crippen molar-refractivity contribution in [3.8, 4) is 33.4 Å². The summed E-state index contributed by atoms with van der Waals surface area (Å²) in [4.78, 5) is 2.43. The van der Waals surface area contributed by atoms with E-state index in [-0.39, 0.29) is 0 Å². The van der Waals surface area contributed by atoms with E-state index in [1.54, 1.807) is 0 Å². The van der Waals surface area contributed by atoms with Gasteiger partial charge in [-0.1, -0.05) is 218 Å². The van der Waals surface area contributed by atoms with E-state index in [1.165, 1.54) is 66.8 Å². The summed E-state index contributed by atoms with van der Waals surface area (Å²) >= 11 is 0. The number of hydrogen-bond donors (Lipinski definition) is 0. The molecule has 0 fully saturated rings. The van der Waals surface area contributed by atoms with Gasteiger partial charge in [-0.25, -0.2) is 0 Å². The first-order valence-corrected chi connectivity index (χ1v) is 24.2. The zero-order valence-electron chi connectivity index (χ0n) is 38.3. The molecule has 0 amide bonds. The summed E-state index contributed by atoms with van der Waals surface area (Å²) in [6, 6.07) is 101. The molecule has 12 aromatic rings. The number of anilines is 3. The fourth-order valence-electron chi connectivity index (χ4n) is 12.3. The first kappa shape index (κ1) is 40.1. The fourth-order valence-corrected chi connectivity index (χ4v) is 12.3. The van der Waals surface area contributed by atoms with Gasteiger partial charge in [0.25, 0.3) is 0 Å². The molecule has 0 bridgehead atoms. The molecule has 0 saturated carbocycles. The highest BCUT2D eigenvalue weighted by Crippen LogP contribution is 2.65. The van der Waals surface area contributed by atoms with Crippen molar-refractivity contribution in [2.75, 3.05) is 4.90 Å². The SMILES string of the molecule is c1ccc(-c2ccc(N(c3ccc(-c4ccc5oc6ccccc6c5c4)cc3)c3ccc4c(c3)C3(c5ccccc5-4)c4ccccc4C(c4ccccc4)(c4ccccc4)c4ccccc43)cc2)cc1. The Morgan fingerprint density at radius 2 is 0.686 bits per heavy atom. The molecule has 1 heterocycles. The Labute approximate surface area is 408 Å². The molecule has 328 valence electrons. The average molecular weight is 892 g/mol. The van der Waals surface area contributed by atoms with Crippen LogP contribution in [0.25, 0.3) is 55.3 Å². The maximum atomic E-state index is 6.21. The van der Waals surface area contributed by atoms with Gasteiger partial charge in [-0.2, -0.15) is 0 Å². The predicted molar refractivity (Wildman–Crippen MR) is 288 cm³/mol. The second kappa shape index (κ2) is 15.8. The summed E-state index contributed by atoms with van der Waals surface area (Å²) in [7, 11) is 0. The van der Waals surface area contributed by atoms with Crippen LogP contribution in [0.1, 0.15) is 44.5 Å². The van der Waals surface area contributed by atoms with Gasteiger partial charge in [-0.15, -0.1) is 0 Å². The van der Waals surface area contributed by atoms with Gasteiger partial charge in [0.2, 0.25) is 0 Å². The highest BCUT2D eigenvalue weighted by atomic mass is 16.3. The molecule has 14 rings (SSSR count). The van der Waals surface area contributed by atoms with Crippen LogP contribution in [-0.4, -0.2) is 0 Å². The van der Waals surface area contributed by atoms with Gasteiger partial charge in [-0.05, 0) is 132 Å². The van der Waals surface area contributed by atoms with E-state index in [2.05, 4.69) is 266 Å². The zero-order chi connectivity index (χ0) is 46.2. The Morgan fingerprint density at radius 3 is 1.30 bits per heavy atom. The minimum atomic E-state index is -0.620. The first-order valence-electron chi connectivity index (χ1n) is 24.2. The Morgan fingerprint density at radius 1 is 0.257 bits per heavy atom. The first-order chi connectivity index (χ1) is 34.7. The zero-order valence-corrected chi connectivity index (χ0v) is 38.3. The van der Waals surface area contributed by atoms with Crippen molar-refractivity contribution in [1.82, 2.24) is 0 Å². The maximum absolute atomic E-state index is 6.21. The van der Waals surface area contributed by atoms with E-state index < -0.39 is 10.8 Å². The monoisotopic (exact) mass is 891 g/mol. The van der Waals surface area contributed by atoms with E-state index in [9.17, 15) is 0 Å². The van der Waals surface area contributed by atoms with E-state index in [1.807, 2.05) is 12.1 Å². The number of nitrogens with zero attached hydrogens (tertiary/aromatic N) is 1. The summed E-state index contributed by atoms with van der Waals surface area (Å²) in [6.07, 6.45) is 0. The smallest absolute Gasteiger partial charge is 0.135 e. The highest BCUT2D eigenvalue weighted by molar-refractivity contribution is 6.06. The van der Waals surface area contributed by atoms with Gasteiger partial charge in [0.1, 0.15) is 11.2 Å². The van der Waals surface area contributed by atoms with Crippen LogP contribution in [0.5, 0.6) is 0 Å². The van der Waals surface area contributed by atoms with Gasteiger partial charge in [0, 0.05) is 27.8 Å². The lowest BCUT2D eigenvalue weighted by atomic mass is 9.51. The van der Waals surface area contributed by atoms with Crippen LogP contribution in [0.4, 0.5) is 17.1 Å². The summed E-state index contributed by atoms with van der Waals surface area (Å²) in [5.74, 6) is 0. The number of hydrogen-bond acceptors (Lipinski definition) is 2.